The molecular weight excluding hydrogens is 336 g/mol. The van der Waals surface area contributed by atoms with Gasteiger partial charge in [-0.15, -0.1) is 0 Å². The van der Waals surface area contributed by atoms with Crippen LogP contribution in [0, 0.1) is 5.41 Å². The molecule has 1 aliphatic rings. The van der Waals surface area contributed by atoms with Gasteiger partial charge in [-0.05, 0) is 37.0 Å². The predicted octanol–water partition coefficient (Wildman–Crippen LogP) is 4.49. The fourth-order valence-electron chi connectivity index (χ4n) is 2.84. The lowest BCUT2D eigenvalue weighted by molar-refractivity contribution is -0.178. The zero-order valence-electron chi connectivity index (χ0n) is 12.7. The van der Waals surface area contributed by atoms with Gasteiger partial charge in [0.05, 0.1) is 17.4 Å². The van der Waals surface area contributed by atoms with E-state index in [4.69, 9.17) is 0 Å². The summed E-state index contributed by atoms with van der Waals surface area (Å²) in [6, 6.07) is 4.47. The minimum atomic E-state index is -4.42. The Morgan fingerprint density at radius 2 is 1.62 bits per heavy atom. The van der Waals surface area contributed by atoms with E-state index in [1.807, 2.05) is 0 Å². The summed E-state index contributed by atoms with van der Waals surface area (Å²) in [6.07, 6.45) is -8.69. The number of carbonyl (C=O) groups excluding carboxylic acids is 1. The van der Waals surface area contributed by atoms with E-state index in [9.17, 15) is 31.1 Å². The van der Waals surface area contributed by atoms with E-state index in [1.165, 1.54) is 12.1 Å². The second kappa shape index (κ2) is 6.64. The first kappa shape index (κ1) is 18.6. The van der Waals surface area contributed by atoms with Crippen LogP contribution in [-0.4, -0.2) is 18.6 Å². The number of halogens is 6. The average Bonchev–Trinajstić information content (AvgIpc) is 2.41. The van der Waals surface area contributed by atoms with E-state index in [1.54, 1.807) is 0 Å². The van der Waals surface area contributed by atoms with Gasteiger partial charge in [-0.2, -0.15) is 26.3 Å². The zero-order chi connectivity index (χ0) is 18.0. The quantitative estimate of drug-likeness (QED) is 0.777. The monoisotopic (exact) mass is 353 g/mol. The lowest BCUT2D eigenvalue weighted by Gasteiger charge is -2.40. The average molecular weight is 353 g/mol. The summed E-state index contributed by atoms with van der Waals surface area (Å²) in [5.74, 6) is -0.627. The van der Waals surface area contributed by atoms with Crippen molar-refractivity contribution >= 4 is 5.91 Å². The Bertz CT molecular complexity index is 572. The summed E-state index contributed by atoms with van der Waals surface area (Å²) >= 11 is 0. The zero-order valence-corrected chi connectivity index (χ0v) is 12.7. The van der Waals surface area contributed by atoms with Gasteiger partial charge in [0.1, 0.15) is 0 Å². The predicted molar refractivity (Wildman–Crippen MR) is 75.1 cm³/mol. The first-order valence-electron chi connectivity index (χ1n) is 7.53. The summed E-state index contributed by atoms with van der Waals surface area (Å²) in [5, 5.41) is 2.48. The van der Waals surface area contributed by atoms with E-state index in [0.29, 0.717) is 12.0 Å². The standard InChI is InChI=1S/C16H17F6NO/c17-15(18,19)10-14(7-1-8-14)13(24)23-9-6-11-2-4-12(5-3-11)16(20,21)22/h2-5H,1,6-10H2,(H,23,24). The van der Waals surface area contributed by atoms with Crippen molar-refractivity contribution in [1.82, 2.24) is 5.32 Å². The minimum Gasteiger partial charge on any atom is -0.355 e. The summed E-state index contributed by atoms with van der Waals surface area (Å²) in [7, 11) is 0. The molecule has 1 saturated carbocycles. The molecule has 1 aromatic carbocycles. The molecular formula is C16H17F6NO. The Morgan fingerprint density at radius 3 is 2.04 bits per heavy atom. The summed E-state index contributed by atoms with van der Waals surface area (Å²) in [6.45, 7) is 0.0871. The maximum absolute atomic E-state index is 12.6. The maximum atomic E-state index is 12.6. The van der Waals surface area contributed by atoms with Crippen LogP contribution in [0.15, 0.2) is 24.3 Å². The van der Waals surface area contributed by atoms with Crippen LogP contribution in [0.3, 0.4) is 0 Å². The number of hydrogen-bond donors (Lipinski definition) is 1. The molecule has 0 spiro atoms. The van der Waals surface area contributed by atoms with Crippen molar-refractivity contribution < 1.29 is 31.1 Å². The van der Waals surface area contributed by atoms with Crippen LogP contribution in [0.5, 0.6) is 0 Å². The van der Waals surface area contributed by atoms with Gasteiger partial charge in [0.25, 0.3) is 0 Å². The number of hydrogen-bond acceptors (Lipinski definition) is 1. The third-order valence-corrected chi connectivity index (χ3v) is 4.31. The molecule has 0 atom stereocenters. The molecule has 2 nitrogen and oxygen atoms in total. The van der Waals surface area contributed by atoms with E-state index in [-0.39, 0.29) is 25.8 Å². The Hall–Kier alpha value is -1.73. The largest absolute Gasteiger partial charge is 0.416 e. The van der Waals surface area contributed by atoms with Crippen molar-refractivity contribution in [2.24, 2.45) is 5.41 Å². The summed E-state index contributed by atoms with van der Waals surface area (Å²) < 4.78 is 75.1. The molecule has 0 aliphatic heterocycles. The van der Waals surface area contributed by atoms with E-state index >= 15 is 0 Å². The molecule has 1 N–H and O–H groups in total. The number of benzene rings is 1. The second-order valence-electron chi connectivity index (χ2n) is 6.13. The molecule has 0 aromatic heterocycles. The Labute approximate surface area is 135 Å². The van der Waals surface area contributed by atoms with Gasteiger partial charge < -0.3 is 5.32 Å². The van der Waals surface area contributed by atoms with Crippen LogP contribution < -0.4 is 5.32 Å². The Balaban J connectivity index is 1.86. The highest BCUT2D eigenvalue weighted by molar-refractivity contribution is 5.83. The van der Waals surface area contributed by atoms with E-state index in [2.05, 4.69) is 5.32 Å². The third kappa shape index (κ3) is 4.64. The van der Waals surface area contributed by atoms with Crippen molar-refractivity contribution in [1.29, 1.82) is 0 Å². The van der Waals surface area contributed by atoms with Crippen molar-refractivity contribution in [3.8, 4) is 0 Å². The van der Waals surface area contributed by atoms with E-state index < -0.39 is 35.7 Å². The highest BCUT2D eigenvalue weighted by Gasteiger charge is 2.51. The molecule has 0 radical (unpaired) electrons. The molecule has 0 unspecified atom stereocenters. The van der Waals surface area contributed by atoms with Crippen LogP contribution in [-0.2, 0) is 17.4 Å². The molecule has 24 heavy (non-hydrogen) atoms. The highest BCUT2D eigenvalue weighted by atomic mass is 19.4. The van der Waals surface area contributed by atoms with Gasteiger partial charge in [-0.3, -0.25) is 4.79 Å². The molecule has 2 rings (SSSR count). The van der Waals surface area contributed by atoms with Crippen molar-refractivity contribution in [2.45, 2.75) is 44.5 Å². The van der Waals surface area contributed by atoms with Gasteiger partial charge in [0, 0.05) is 6.54 Å². The summed E-state index contributed by atoms with van der Waals surface area (Å²) in [5.41, 5.74) is -1.58. The molecule has 0 bridgehead atoms. The Morgan fingerprint density at radius 1 is 1.04 bits per heavy atom. The van der Waals surface area contributed by atoms with E-state index in [0.717, 1.165) is 12.1 Å². The van der Waals surface area contributed by atoms with Gasteiger partial charge >= 0.3 is 12.4 Å². The van der Waals surface area contributed by atoms with Gasteiger partial charge in [0.2, 0.25) is 5.91 Å². The first-order valence-corrected chi connectivity index (χ1v) is 7.53. The van der Waals surface area contributed by atoms with Crippen LogP contribution in [0.4, 0.5) is 26.3 Å². The van der Waals surface area contributed by atoms with Crippen molar-refractivity contribution in [2.75, 3.05) is 6.54 Å². The second-order valence-corrected chi connectivity index (χ2v) is 6.13. The molecule has 134 valence electrons. The lowest BCUT2D eigenvalue weighted by Crippen LogP contribution is -2.48. The fourth-order valence-corrected chi connectivity index (χ4v) is 2.84. The van der Waals surface area contributed by atoms with Crippen LogP contribution in [0.2, 0.25) is 0 Å². The van der Waals surface area contributed by atoms with Gasteiger partial charge in [0.15, 0.2) is 0 Å². The van der Waals surface area contributed by atoms with Gasteiger partial charge in [-0.1, -0.05) is 18.6 Å². The number of alkyl halides is 6. The Kier molecular flexibility index (Phi) is 5.15. The topological polar surface area (TPSA) is 29.1 Å². The normalized spacial score (nSPS) is 17.2. The highest BCUT2D eigenvalue weighted by Crippen LogP contribution is 2.48. The van der Waals surface area contributed by atoms with Gasteiger partial charge in [-0.25, -0.2) is 0 Å². The number of nitrogens with one attached hydrogen (secondary N) is 1. The number of amides is 1. The third-order valence-electron chi connectivity index (χ3n) is 4.31. The SMILES string of the molecule is O=C(NCCc1ccc(C(F)(F)F)cc1)C1(CC(F)(F)F)CCC1. The molecule has 0 saturated heterocycles. The summed E-state index contributed by atoms with van der Waals surface area (Å²) in [4.78, 5) is 12.0. The van der Waals surface area contributed by atoms with Crippen LogP contribution in [0.1, 0.15) is 36.8 Å². The number of rotatable bonds is 5. The van der Waals surface area contributed by atoms with Crippen LogP contribution >= 0.6 is 0 Å². The maximum Gasteiger partial charge on any atom is 0.416 e. The minimum absolute atomic E-state index is 0.0871. The molecule has 1 aliphatic carbocycles. The lowest BCUT2D eigenvalue weighted by atomic mass is 9.66. The molecule has 1 amide bonds. The smallest absolute Gasteiger partial charge is 0.355 e. The molecule has 0 heterocycles. The number of carbonyl (C=O) groups is 1. The first-order chi connectivity index (χ1) is 11.0. The van der Waals surface area contributed by atoms with Crippen molar-refractivity contribution in [3.05, 3.63) is 35.4 Å². The molecule has 1 fully saturated rings. The fraction of sp³-hybridized carbons (Fsp3) is 0.562. The molecule has 8 heteroatoms. The van der Waals surface area contributed by atoms with Crippen LogP contribution in [0.25, 0.3) is 0 Å². The van der Waals surface area contributed by atoms with Crippen molar-refractivity contribution in [3.63, 3.8) is 0 Å². The molecule has 1 aromatic rings.